The third kappa shape index (κ3) is 5.38. The van der Waals surface area contributed by atoms with Gasteiger partial charge < -0.3 is 14.2 Å². The zero-order chi connectivity index (χ0) is 27.7. The fourth-order valence-corrected chi connectivity index (χ4v) is 6.03. The van der Waals surface area contributed by atoms with Gasteiger partial charge in [-0.15, -0.1) is 0 Å². The number of benzene rings is 2. The predicted octanol–water partition coefficient (Wildman–Crippen LogP) is 5.97. The van der Waals surface area contributed by atoms with E-state index in [0.717, 1.165) is 87.6 Å². The first-order valence-electron chi connectivity index (χ1n) is 14.3. The first-order chi connectivity index (χ1) is 19.4. The molecule has 0 amide bonds. The number of ketones is 1. The molecular weight excluding hydrogens is 524 g/mol. The van der Waals surface area contributed by atoms with E-state index in [1.807, 2.05) is 48.5 Å². The second-order valence-corrected chi connectivity index (χ2v) is 11.8. The van der Waals surface area contributed by atoms with Crippen molar-refractivity contribution in [2.24, 2.45) is 5.41 Å². The maximum Gasteiger partial charge on any atom is 0.259 e. The summed E-state index contributed by atoms with van der Waals surface area (Å²) in [6, 6.07) is 16.8. The molecule has 0 N–H and O–H groups in total. The largest absolute Gasteiger partial charge is 0.380 e. The Labute approximate surface area is 239 Å². The molecule has 2 aromatic carbocycles. The van der Waals surface area contributed by atoms with Gasteiger partial charge in [0.2, 0.25) is 5.78 Å². The number of aromatic nitrogens is 3. The van der Waals surface area contributed by atoms with Gasteiger partial charge in [0.25, 0.3) is 5.56 Å². The number of likely N-dealkylation sites (tertiary alicyclic amines) is 1. The van der Waals surface area contributed by atoms with Crippen LogP contribution in [0, 0.1) is 5.41 Å². The predicted molar refractivity (Wildman–Crippen MR) is 158 cm³/mol. The molecular formula is C32H35ClN4O3. The van der Waals surface area contributed by atoms with E-state index in [0.29, 0.717) is 28.2 Å². The molecule has 8 heteroatoms. The second kappa shape index (κ2) is 11.3. The van der Waals surface area contributed by atoms with Crippen LogP contribution >= 0.6 is 11.6 Å². The van der Waals surface area contributed by atoms with E-state index >= 15 is 0 Å². The zero-order valence-corrected chi connectivity index (χ0v) is 23.7. The van der Waals surface area contributed by atoms with Crippen molar-refractivity contribution in [3.8, 4) is 22.5 Å². The Kier molecular flexibility index (Phi) is 7.62. The summed E-state index contributed by atoms with van der Waals surface area (Å²) in [7, 11) is 0. The molecule has 40 heavy (non-hydrogen) atoms. The van der Waals surface area contributed by atoms with Crippen molar-refractivity contribution in [3.05, 3.63) is 81.7 Å². The summed E-state index contributed by atoms with van der Waals surface area (Å²) < 4.78 is 9.09. The van der Waals surface area contributed by atoms with Gasteiger partial charge in [0.15, 0.2) is 5.78 Å². The number of hydrogen-bond acceptors (Lipinski definition) is 5. The van der Waals surface area contributed by atoms with E-state index in [9.17, 15) is 9.59 Å². The van der Waals surface area contributed by atoms with Crippen LogP contribution in [0.25, 0.3) is 28.3 Å². The lowest BCUT2D eigenvalue weighted by molar-refractivity contribution is -0.188. The molecule has 0 radical (unpaired) electrons. The van der Waals surface area contributed by atoms with Gasteiger partial charge in [-0.25, -0.2) is 4.98 Å². The molecule has 208 valence electrons. The molecule has 4 heterocycles. The van der Waals surface area contributed by atoms with Crippen molar-refractivity contribution < 1.29 is 9.53 Å². The molecule has 1 spiro atoms. The Balaban J connectivity index is 1.22. The maximum absolute atomic E-state index is 13.2. The van der Waals surface area contributed by atoms with Gasteiger partial charge in [0.1, 0.15) is 0 Å². The number of nitrogens with zero attached hydrogens (tertiary/aromatic N) is 4. The SMILES string of the molecule is CCCCCn1c(-c2ccc(C(=O)CCCN3CC4(COC4)C3)cc2)cc(=O)n2cc(-c3ccc(Cl)cc3)nc12. The van der Waals surface area contributed by atoms with Crippen LogP contribution < -0.4 is 5.56 Å². The number of carbonyl (C=O) groups is 1. The summed E-state index contributed by atoms with van der Waals surface area (Å²) >= 11 is 6.07. The number of hydrogen-bond donors (Lipinski definition) is 0. The third-order valence-corrected chi connectivity index (χ3v) is 8.41. The van der Waals surface area contributed by atoms with Gasteiger partial charge >= 0.3 is 0 Å². The Morgan fingerprint density at radius 3 is 2.38 bits per heavy atom. The van der Waals surface area contributed by atoms with E-state index < -0.39 is 0 Å². The fraction of sp³-hybridized carbons (Fsp3) is 0.406. The number of imidazole rings is 1. The van der Waals surface area contributed by atoms with Crippen LogP contribution in [0.4, 0.5) is 0 Å². The van der Waals surface area contributed by atoms with Crippen molar-refractivity contribution in [2.75, 3.05) is 32.8 Å². The summed E-state index contributed by atoms with van der Waals surface area (Å²) in [4.78, 5) is 33.4. The Morgan fingerprint density at radius 1 is 0.975 bits per heavy atom. The molecule has 0 atom stereocenters. The fourth-order valence-electron chi connectivity index (χ4n) is 5.90. The van der Waals surface area contributed by atoms with Crippen molar-refractivity contribution in [3.63, 3.8) is 0 Å². The highest BCUT2D eigenvalue weighted by Crippen LogP contribution is 2.37. The number of aryl methyl sites for hydroxylation is 1. The molecule has 2 aromatic heterocycles. The summed E-state index contributed by atoms with van der Waals surface area (Å²) in [6.45, 7) is 7.84. The number of halogens is 1. The number of rotatable bonds is 11. The molecule has 2 saturated heterocycles. The third-order valence-electron chi connectivity index (χ3n) is 8.16. The molecule has 2 fully saturated rings. The Bertz CT molecular complexity index is 1560. The zero-order valence-electron chi connectivity index (χ0n) is 22.9. The molecule has 6 rings (SSSR count). The van der Waals surface area contributed by atoms with E-state index in [2.05, 4.69) is 16.4 Å². The quantitative estimate of drug-likeness (QED) is 0.168. The van der Waals surface area contributed by atoms with E-state index in [1.165, 1.54) is 0 Å². The summed E-state index contributed by atoms with van der Waals surface area (Å²) in [5.74, 6) is 0.773. The number of fused-ring (bicyclic) bond motifs is 1. The minimum Gasteiger partial charge on any atom is -0.380 e. The highest BCUT2D eigenvalue weighted by molar-refractivity contribution is 6.30. The number of unbranched alkanes of at least 4 members (excludes halogenated alkanes) is 2. The van der Waals surface area contributed by atoms with E-state index in [-0.39, 0.29) is 11.3 Å². The molecule has 2 aliphatic heterocycles. The minimum atomic E-state index is -0.133. The molecule has 2 aliphatic rings. The van der Waals surface area contributed by atoms with Crippen LogP contribution in [-0.4, -0.2) is 57.5 Å². The van der Waals surface area contributed by atoms with Crippen LogP contribution in [0.15, 0.2) is 65.6 Å². The topological polar surface area (TPSA) is 68.8 Å². The molecule has 0 aliphatic carbocycles. The molecule has 0 unspecified atom stereocenters. The second-order valence-electron chi connectivity index (χ2n) is 11.3. The normalized spacial score (nSPS) is 16.2. The van der Waals surface area contributed by atoms with Gasteiger partial charge in [-0.2, -0.15) is 0 Å². The molecule has 4 aromatic rings. The standard InChI is InChI=1S/C32H35ClN4O3/c1-2-3-4-16-36-28(17-30(39)37-18-27(34-31(36)37)23-11-13-26(33)14-12-23)24-7-9-25(10-8-24)29(38)6-5-15-35-19-32(20-35)21-40-22-32/h7-14,17-18H,2-6,15-16,19-22H2,1H3. The first kappa shape index (κ1) is 26.9. The van der Waals surface area contributed by atoms with Gasteiger partial charge in [-0.3, -0.25) is 14.0 Å². The smallest absolute Gasteiger partial charge is 0.259 e. The minimum absolute atomic E-state index is 0.133. The van der Waals surface area contributed by atoms with Crippen LogP contribution in [-0.2, 0) is 11.3 Å². The van der Waals surface area contributed by atoms with Crippen molar-refractivity contribution in [2.45, 2.75) is 45.6 Å². The number of carbonyl (C=O) groups excluding carboxylic acids is 1. The highest BCUT2D eigenvalue weighted by atomic mass is 35.5. The van der Waals surface area contributed by atoms with Gasteiger partial charge in [0.05, 0.1) is 24.6 Å². The Morgan fingerprint density at radius 2 is 1.70 bits per heavy atom. The average Bonchev–Trinajstić information content (AvgIpc) is 3.37. The van der Waals surface area contributed by atoms with Crippen LogP contribution in [0.1, 0.15) is 49.4 Å². The number of ether oxygens (including phenoxy) is 1. The highest BCUT2D eigenvalue weighted by Gasteiger charge is 2.48. The van der Waals surface area contributed by atoms with Crippen molar-refractivity contribution in [1.29, 1.82) is 0 Å². The molecule has 0 bridgehead atoms. The lowest BCUT2D eigenvalue weighted by atomic mass is 9.78. The monoisotopic (exact) mass is 558 g/mol. The lowest BCUT2D eigenvalue weighted by Crippen LogP contribution is -2.65. The summed E-state index contributed by atoms with van der Waals surface area (Å²) in [6.07, 6.45) is 6.35. The summed E-state index contributed by atoms with van der Waals surface area (Å²) in [5, 5.41) is 0.657. The Hall–Kier alpha value is -3.26. The lowest BCUT2D eigenvalue weighted by Gasteiger charge is -2.55. The molecule has 7 nitrogen and oxygen atoms in total. The van der Waals surface area contributed by atoms with Crippen LogP contribution in [0.3, 0.4) is 0 Å². The maximum atomic E-state index is 13.2. The average molecular weight is 559 g/mol. The van der Waals surface area contributed by atoms with Crippen molar-refractivity contribution in [1.82, 2.24) is 18.9 Å². The first-order valence-corrected chi connectivity index (χ1v) is 14.7. The van der Waals surface area contributed by atoms with Gasteiger partial charge in [-0.05, 0) is 37.1 Å². The van der Waals surface area contributed by atoms with Gasteiger partial charge in [0, 0.05) is 59.9 Å². The van der Waals surface area contributed by atoms with E-state index in [4.69, 9.17) is 21.3 Å². The summed E-state index contributed by atoms with van der Waals surface area (Å²) in [5.41, 5.74) is 4.33. The van der Waals surface area contributed by atoms with Gasteiger partial charge in [-0.1, -0.05) is 67.8 Å². The van der Waals surface area contributed by atoms with E-state index in [1.54, 1.807) is 16.7 Å². The molecule has 0 saturated carbocycles. The van der Waals surface area contributed by atoms with Crippen LogP contribution in [0.2, 0.25) is 5.02 Å². The van der Waals surface area contributed by atoms with Crippen LogP contribution in [0.5, 0.6) is 0 Å². The van der Waals surface area contributed by atoms with Crippen molar-refractivity contribution >= 4 is 23.2 Å². The number of Topliss-reactive ketones (excluding diaryl/α,β-unsaturated/α-hetero) is 1.